The van der Waals surface area contributed by atoms with Crippen molar-refractivity contribution in [3.63, 3.8) is 0 Å². The summed E-state index contributed by atoms with van der Waals surface area (Å²) in [6, 6.07) is 10.7. The lowest BCUT2D eigenvalue weighted by Crippen LogP contribution is -2.24. The minimum Gasteiger partial charge on any atom is -0.493 e. The van der Waals surface area contributed by atoms with Gasteiger partial charge in [-0.15, -0.1) is 0 Å². The van der Waals surface area contributed by atoms with Crippen LogP contribution < -0.4 is 25.4 Å². The number of rotatable bonds is 9. The number of hydrazone groups is 1. The third-order valence-corrected chi connectivity index (χ3v) is 3.71. The van der Waals surface area contributed by atoms with Crippen LogP contribution in [-0.2, 0) is 0 Å². The van der Waals surface area contributed by atoms with E-state index in [4.69, 9.17) is 19.9 Å². The smallest absolute Gasteiger partial charge is 0.332 e. The highest BCUT2D eigenvalue weighted by molar-refractivity contribution is 5.82. The predicted molar refractivity (Wildman–Crippen MR) is 105 cm³/mol. The van der Waals surface area contributed by atoms with Crippen LogP contribution >= 0.6 is 0 Å². The van der Waals surface area contributed by atoms with Crippen LogP contribution in [0.2, 0.25) is 0 Å². The number of hydrogen-bond donors (Lipinski definition) is 2. The largest absolute Gasteiger partial charge is 0.493 e. The van der Waals surface area contributed by atoms with Gasteiger partial charge < -0.3 is 19.9 Å². The van der Waals surface area contributed by atoms with Crippen molar-refractivity contribution in [3.05, 3.63) is 53.1 Å². The molecule has 0 saturated heterocycles. The molecule has 2 amide bonds. The molecule has 0 unspecified atom stereocenters. The van der Waals surface area contributed by atoms with Crippen LogP contribution in [0.3, 0.4) is 0 Å². The van der Waals surface area contributed by atoms with Crippen molar-refractivity contribution in [1.82, 2.24) is 5.43 Å². The predicted octanol–water partition coefficient (Wildman–Crippen LogP) is 3.16. The number of nitrogens with zero attached hydrogens (tertiary/aromatic N) is 1. The van der Waals surface area contributed by atoms with E-state index in [1.165, 1.54) is 11.8 Å². The number of aryl methyl sites for hydroxylation is 2. The number of nitrogens with two attached hydrogens (primary N) is 1. The van der Waals surface area contributed by atoms with Crippen molar-refractivity contribution in [3.8, 4) is 17.2 Å². The van der Waals surface area contributed by atoms with Crippen LogP contribution in [-0.4, -0.2) is 32.6 Å². The van der Waals surface area contributed by atoms with Gasteiger partial charge in [0.05, 0.1) is 26.5 Å². The van der Waals surface area contributed by atoms with Crippen LogP contribution in [0.4, 0.5) is 4.79 Å². The second kappa shape index (κ2) is 10.1. The molecule has 0 bridgehead atoms. The first-order chi connectivity index (χ1) is 13.0. The Morgan fingerprint density at radius 3 is 2.44 bits per heavy atom. The zero-order valence-electron chi connectivity index (χ0n) is 15.8. The number of carbonyl (C=O) groups is 1. The molecule has 0 heterocycles. The fraction of sp³-hybridized carbons (Fsp3) is 0.300. The summed E-state index contributed by atoms with van der Waals surface area (Å²) in [6.07, 6.45) is 2.21. The average Bonchev–Trinajstić information content (AvgIpc) is 2.63. The Morgan fingerprint density at radius 1 is 1.07 bits per heavy atom. The lowest BCUT2D eigenvalue weighted by Gasteiger charge is -2.12. The molecular formula is C20H25N3O4. The maximum atomic E-state index is 10.6. The van der Waals surface area contributed by atoms with Gasteiger partial charge in [-0.2, -0.15) is 5.10 Å². The molecule has 0 aliphatic rings. The monoisotopic (exact) mass is 371 g/mol. The quantitative estimate of drug-likeness (QED) is 0.402. The number of ether oxygens (including phenoxy) is 3. The number of urea groups is 1. The van der Waals surface area contributed by atoms with E-state index in [0.717, 1.165) is 23.3 Å². The number of methoxy groups -OCH3 is 1. The van der Waals surface area contributed by atoms with Gasteiger partial charge in [-0.3, -0.25) is 0 Å². The molecule has 7 heteroatoms. The van der Waals surface area contributed by atoms with Crippen LogP contribution in [0.15, 0.2) is 41.5 Å². The number of primary amides is 1. The molecule has 144 valence electrons. The second-order valence-electron chi connectivity index (χ2n) is 5.96. The topological polar surface area (TPSA) is 95.2 Å². The van der Waals surface area contributed by atoms with Crippen molar-refractivity contribution in [1.29, 1.82) is 0 Å². The summed E-state index contributed by atoms with van der Waals surface area (Å²) in [5.41, 5.74) is 10.2. The van der Waals surface area contributed by atoms with Crippen molar-refractivity contribution in [2.45, 2.75) is 20.3 Å². The molecule has 0 aliphatic carbocycles. The number of carbonyl (C=O) groups excluding carboxylic acids is 1. The fourth-order valence-corrected chi connectivity index (χ4v) is 2.44. The van der Waals surface area contributed by atoms with Gasteiger partial charge in [0.25, 0.3) is 0 Å². The van der Waals surface area contributed by atoms with E-state index in [9.17, 15) is 4.79 Å². The lowest BCUT2D eigenvalue weighted by atomic mass is 10.1. The zero-order valence-corrected chi connectivity index (χ0v) is 15.8. The summed E-state index contributed by atoms with van der Waals surface area (Å²) >= 11 is 0. The summed E-state index contributed by atoms with van der Waals surface area (Å²) in [5.74, 6) is 2.10. The van der Waals surface area contributed by atoms with E-state index in [1.807, 2.05) is 19.1 Å². The van der Waals surface area contributed by atoms with Crippen molar-refractivity contribution >= 4 is 12.2 Å². The summed E-state index contributed by atoms with van der Waals surface area (Å²) < 4.78 is 16.9. The van der Waals surface area contributed by atoms with E-state index < -0.39 is 6.03 Å². The fourth-order valence-electron chi connectivity index (χ4n) is 2.44. The SMILES string of the molecule is COc1cc(/C=N\NC(N)=O)ccc1OCCCOc1ccc(C)cc1C. The first kappa shape index (κ1) is 20.1. The molecule has 7 nitrogen and oxygen atoms in total. The highest BCUT2D eigenvalue weighted by Gasteiger charge is 2.06. The van der Waals surface area contributed by atoms with E-state index in [2.05, 4.69) is 23.5 Å². The summed E-state index contributed by atoms with van der Waals surface area (Å²) in [5, 5.41) is 3.71. The lowest BCUT2D eigenvalue weighted by molar-refractivity contribution is 0.239. The molecule has 0 fully saturated rings. The van der Waals surface area contributed by atoms with Gasteiger partial charge in [0, 0.05) is 6.42 Å². The van der Waals surface area contributed by atoms with Crippen LogP contribution in [0, 0.1) is 13.8 Å². The van der Waals surface area contributed by atoms with Crippen molar-refractivity contribution in [2.24, 2.45) is 10.8 Å². The van der Waals surface area contributed by atoms with E-state index in [-0.39, 0.29) is 0 Å². The third kappa shape index (κ3) is 6.54. The normalized spacial score (nSPS) is 10.6. The molecule has 0 saturated carbocycles. The van der Waals surface area contributed by atoms with Gasteiger partial charge in [-0.05, 0) is 49.2 Å². The molecule has 2 rings (SSSR count). The average molecular weight is 371 g/mol. The van der Waals surface area contributed by atoms with Gasteiger partial charge in [-0.1, -0.05) is 17.7 Å². The zero-order chi connectivity index (χ0) is 19.6. The van der Waals surface area contributed by atoms with Crippen molar-refractivity contribution in [2.75, 3.05) is 20.3 Å². The third-order valence-electron chi connectivity index (χ3n) is 3.71. The van der Waals surface area contributed by atoms with Gasteiger partial charge >= 0.3 is 6.03 Å². The summed E-state index contributed by atoms with van der Waals surface area (Å²) in [4.78, 5) is 10.6. The first-order valence-corrected chi connectivity index (χ1v) is 8.59. The van der Waals surface area contributed by atoms with Gasteiger partial charge in [0.2, 0.25) is 0 Å². The summed E-state index contributed by atoms with van der Waals surface area (Å²) in [7, 11) is 1.56. The second-order valence-corrected chi connectivity index (χ2v) is 5.96. The van der Waals surface area contributed by atoms with Crippen LogP contribution in [0.5, 0.6) is 17.2 Å². The standard InChI is InChI=1S/C20H25N3O4/c1-14-5-7-17(15(2)11-14)26-9-4-10-27-18-8-6-16(12-19(18)25-3)13-22-23-20(21)24/h5-8,11-13H,4,9-10H2,1-3H3,(H3,21,23,24)/b22-13-. The van der Waals surface area contributed by atoms with E-state index in [0.29, 0.717) is 24.7 Å². The Bertz CT molecular complexity index is 806. The molecule has 0 aliphatic heterocycles. The number of nitrogens with one attached hydrogen (secondary N) is 1. The van der Waals surface area contributed by atoms with Crippen molar-refractivity contribution < 1.29 is 19.0 Å². The van der Waals surface area contributed by atoms with Crippen LogP contribution in [0.1, 0.15) is 23.1 Å². The maximum absolute atomic E-state index is 10.6. The Labute approximate surface area is 159 Å². The molecule has 3 N–H and O–H groups in total. The van der Waals surface area contributed by atoms with Gasteiger partial charge in [0.1, 0.15) is 5.75 Å². The highest BCUT2D eigenvalue weighted by atomic mass is 16.5. The minimum absolute atomic E-state index is 0.498. The number of amides is 2. The van der Waals surface area contributed by atoms with Crippen LogP contribution in [0.25, 0.3) is 0 Å². The highest BCUT2D eigenvalue weighted by Crippen LogP contribution is 2.27. The number of benzene rings is 2. The molecule has 2 aromatic rings. The Morgan fingerprint density at radius 2 is 1.78 bits per heavy atom. The molecule has 0 atom stereocenters. The Balaban J connectivity index is 1.82. The molecule has 0 aromatic heterocycles. The molecule has 0 spiro atoms. The molecule has 0 radical (unpaired) electrons. The first-order valence-electron chi connectivity index (χ1n) is 8.59. The van der Waals surface area contributed by atoms with Gasteiger partial charge in [-0.25, -0.2) is 10.2 Å². The van der Waals surface area contributed by atoms with Gasteiger partial charge in [0.15, 0.2) is 11.5 Å². The molecular weight excluding hydrogens is 346 g/mol. The Kier molecular flexibility index (Phi) is 7.49. The Hall–Kier alpha value is -3.22. The van der Waals surface area contributed by atoms with E-state index in [1.54, 1.807) is 25.3 Å². The summed E-state index contributed by atoms with van der Waals surface area (Å²) in [6.45, 7) is 5.16. The maximum Gasteiger partial charge on any atom is 0.332 e. The number of hydrogen-bond acceptors (Lipinski definition) is 5. The molecule has 2 aromatic carbocycles. The van der Waals surface area contributed by atoms with E-state index >= 15 is 0 Å². The molecule has 27 heavy (non-hydrogen) atoms. The minimum atomic E-state index is -0.721.